The van der Waals surface area contributed by atoms with Gasteiger partial charge in [0.25, 0.3) is 5.91 Å². The summed E-state index contributed by atoms with van der Waals surface area (Å²) in [6.07, 6.45) is 4.96. The minimum absolute atomic E-state index is 0.0380. The van der Waals surface area contributed by atoms with E-state index in [1.165, 1.54) is 6.42 Å². The lowest BCUT2D eigenvalue weighted by Crippen LogP contribution is -2.57. The quantitative estimate of drug-likeness (QED) is 0.905. The van der Waals surface area contributed by atoms with Crippen molar-refractivity contribution in [1.82, 2.24) is 10.2 Å². The van der Waals surface area contributed by atoms with Crippen molar-refractivity contribution in [3.63, 3.8) is 0 Å². The second kappa shape index (κ2) is 5.64. The smallest absolute Gasteiger partial charge is 0.254 e. The van der Waals surface area contributed by atoms with E-state index in [4.69, 9.17) is 4.74 Å². The van der Waals surface area contributed by atoms with Crippen LogP contribution in [0.1, 0.15) is 43.7 Å². The Morgan fingerprint density at radius 1 is 1.17 bits per heavy atom. The summed E-state index contributed by atoms with van der Waals surface area (Å²) < 4.78 is 5.69. The van der Waals surface area contributed by atoms with Crippen molar-refractivity contribution < 1.29 is 14.3 Å². The molecule has 23 heavy (non-hydrogen) atoms. The van der Waals surface area contributed by atoms with Gasteiger partial charge >= 0.3 is 0 Å². The predicted octanol–water partition coefficient (Wildman–Crippen LogP) is 1.79. The third kappa shape index (κ3) is 2.63. The highest BCUT2D eigenvalue weighted by Gasteiger charge is 2.53. The topological polar surface area (TPSA) is 58.6 Å². The molecule has 5 nitrogen and oxygen atoms in total. The number of morpholine rings is 1. The number of ether oxygens (including phenoxy) is 1. The molecule has 1 N–H and O–H groups in total. The molecule has 122 valence electrons. The SMILES string of the molecule is O=C1CO[C@H](C(=O)N2CCCCC23CC3)[C@@H](c2ccccc2)N1. The number of hydrogen-bond donors (Lipinski definition) is 1. The van der Waals surface area contributed by atoms with Crippen molar-refractivity contribution in [3.8, 4) is 0 Å². The number of carbonyl (C=O) groups is 2. The molecule has 1 aromatic carbocycles. The lowest BCUT2D eigenvalue weighted by atomic mass is 9.95. The van der Waals surface area contributed by atoms with E-state index >= 15 is 0 Å². The number of nitrogens with zero attached hydrogens (tertiary/aromatic N) is 1. The number of amides is 2. The van der Waals surface area contributed by atoms with Crippen LogP contribution >= 0.6 is 0 Å². The molecule has 1 saturated carbocycles. The van der Waals surface area contributed by atoms with Crippen molar-refractivity contribution in [2.45, 2.75) is 49.8 Å². The van der Waals surface area contributed by atoms with E-state index in [1.54, 1.807) is 0 Å². The molecule has 3 aliphatic rings. The first-order valence-electron chi connectivity index (χ1n) is 8.47. The van der Waals surface area contributed by atoms with Gasteiger partial charge in [0, 0.05) is 12.1 Å². The molecule has 2 saturated heterocycles. The zero-order valence-electron chi connectivity index (χ0n) is 13.2. The van der Waals surface area contributed by atoms with Gasteiger partial charge in [-0.15, -0.1) is 0 Å². The third-order valence-electron chi connectivity index (χ3n) is 5.35. The summed E-state index contributed by atoms with van der Waals surface area (Å²) in [6, 6.07) is 9.23. The number of nitrogens with one attached hydrogen (secondary N) is 1. The Balaban J connectivity index is 1.60. The first kappa shape index (κ1) is 14.7. The van der Waals surface area contributed by atoms with Gasteiger partial charge in [-0.05, 0) is 37.7 Å². The Morgan fingerprint density at radius 3 is 2.70 bits per heavy atom. The van der Waals surface area contributed by atoms with Crippen LogP contribution in [-0.2, 0) is 14.3 Å². The van der Waals surface area contributed by atoms with Gasteiger partial charge < -0.3 is 15.0 Å². The zero-order chi connectivity index (χ0) is 15.9. The highest BCUT2D eigenvalue weighted by molar-refractivity contribution is 5.87. The van der Waals surface area contributed by atoms with Gasteiger partial charge in [0.05, 0.1) is 6.04 Å². The Labute approximate surface area is 136 Å². The summed E-state index contributed by atoms with van der Waals surface area (Å²) >= 11 is 0. The van der Waals surface area contributed by atoms with E-state index in [1.807, 2.05) is 35.2 Å². The largest absolute Gasteiger partial charge is 0.356 e. The monoisotopic (exact) mass is 314 g/mol. The van der Waals surface area contributed by atoms with E-state index in [0.717, 1.165) is 37.8 Å². The maximum absolute atomic E-state index is 13.1. The zero-order valence-corrected chi connectivity index (χ0v) is 13.2. The fourth-order valence-electron chi connectivity index (χ4n) is 3.94. The van der Waals surface area contributed by atoms with Crippen LogP contribution in [0.5, 0.6) is 0 Å². The average Bonchev–Trinajstić information content (AvgIpc) is 3.35. The summed E-state index contributed by atoms with van der Waals surface area (Å²) in [5.74, 6) is -0.126. The van der Waals surface area contributed by atoms with Gasteiger partial charge in [0.1, 0.15) is 6.61 Å². The Hall–Kier alpha value is -1.88. The number of piperidine rings is 1. The molecule has 2 atom stereocenters. The molecule has 0 unspecified atom stereocenters. The molecule has 2 amide bonds. The standard InChI is InChI=1S/C18H22N2O3/c21-14-12-23-16(15(19-14)13-6-2-1-3-7-13)17(22)20-11-5-4-8-18(20)9-10-18/h1-3,6-7,15-16H,4-5,8-12H2,(H,19,21)/t15-,16+/m1/s1. The molecule has 1 spiro atoms. The van der Waals surface area contributed by atoms with E-state index in [9.17, 15) is 9.59 Å². The van der Waals surface area contributed by atoms with Crippen molar-refractivity contribution in [1.29, 1.82) is 0 Å². The average molecular weight is 314 g/mol. The Bertz CT molecular complexity index is 612. The second-order valence-electron chi connectivity index (χ2n) is 6.86. The van der Waals surface area contributed by atoms with Crippen LogP contribution in [-0.4, -0.2) is 41.5 Å². The Kier molecular flexibility index (Phi) is 3.60. The van der Waals surface area contributed by atoms with E-state index in [-0.39, 0.29) is 24.0 Å². The van der Waals surface area contributed by atoms with E-state index in [2.05, 4.69) is 5.32 Å². The fraction of sp³-hybridized carbons (Fsp3) is 0.556. The maximum atomic E-state index is 13.1. The molecular weight excluding hydrogens is 292 g/mol. The number of benzene rings is 1. The molecular formula is C18H22N2O3. The van der Waals surface area contributed by atoms with Gasteiger partial charge in [-0.2, -0.15) is 0 Å². The van der Waals surface area contributed by atoms with Crippen molar-refractivity contribution in [2.75, 3.05) is 13.2 Å². The molecule has 0 aromatic heterocycles. The molecule has 3 fully saturated rings. The van der Waals surface area contributed by atoms with Crippen LogP contribution in [0.15, 0.2) is 30.3 Å². The summed E-state index contributed by atoms with van der Waals surface area (Å²) in [5.41, 5.74) is 1.00. The van der Waals surface area contributed by atoms with E-state index < -0.39 is 12.1 Å². The molecule has 2 heterocycles. The molecule has 4 rings (SSSR count). The Morgan fingerprint density at radius 2 is 1.96 bits per heavy atom. The molecule has 1 aromatic rings. The minimum Gasteiger partial charge on any atom is -0.356 e. The number of rotatable bonds is 2. The molecule has 0 radical (unpaired) electrons. The van der Waals surface area contributed by atoms with E-state index in [0.29, 0.717) is 0 Å². The third-order valence-corrected chi connectivity index (χ3v) is 5.35. The van der Waals surface area contributed by atoms with Gasteiger partial charge in [0.15, 0.2) is 6.10 Å². The first-order valence-corrected chi connectivity index (χ1v) is 8.47. The number of hydrogen-bond acceptors (Lipinski definition) is 3. The lowest BCUT2D eigenvalue weighted by Gasteiger charge is -2.41. The molecule has 5 heteroatoms. The van der Waals surface area contributed by atoms with Gasteiger partial charge in [-0.1, -0.05) is 30.3 Å². The van der Waals surface area contributed by atoms with Crippen LogP contribution < -0.4 is 5.32 Å². The summed E-state index contributed by atoms with van der Waals surface area (Å²) in [7, 11) is 0. The highest BCUT2D eigenvalue weighted by Crippen LogP contribution is 2.49. The van der Waals surface area contributed by atoms with Crippen LogP contribution in [0.25, 0.3) is 0 Å². The van der Waals surface area contributed by atoms with Crippen molar-refractivity contribution in [3.05, 3.63) is 35.9 Å². The highest BCUT2D eigenvalue weighted by atomic mass is 16.5. The van der Waals surface area contributed by atoms with Crippen LogP contribution in [0, 0.1) is 0 Å². The summed E-state index contributed by atoms with van der Waals surface area (Å²) in [6.45, 7) is 0.773. The second-order valence-corrected chi connectivity index (χ2v) is 6.86. The van der Waals surface area contributed by atoms with Crippen molar-refractivity contribution in [2.24, 2.45) is 0 Å². The summed E-state index contributed by atoms with van der Waals surface area (Å²) in [4.78, 5) is 27.0. The van der Waals surface area contributed by atoms with Crippen LogP contribution in [0.4, 0.5) is 0 Å². The van der Waals surface area contributed by atoms with Crippen LogP contribution in [0.2, 0.25) is 0 Å². The minimum atomic E-state index is -0.620. The predicted molar refractivity (Wildman–Crippen MR) is 84.6 cm³/mol. The van der Waals surface area contributed by atoms with Gasteiger partial charge in [-0.25, -0.2) is 0 Å². The fourth-order valence-corrected chi connectivity index (χ4v) is 3.94. The lowest BCUT2D eigenvalue weighted by molar-refractivity contribution is -0.158. The van der Waals surface area contributed by atoms with Gasteiger partial charge in [0.2, 0.25) is 5.91 Å². The molecule has 1 aliphatic carbocycles. The number of carbonyl (C=O) groups excluding carboxylic acids is 2. The normalized spacial score (nSPS) is 29.2. The van der Waals surface area contributed by atoms with Gasteiger partial charge in [-0.3, -0.25) is 9.59 Å². The van der Waals surface area contributed by atoms with Crippen molar-refractivity contribution >= 4 is 11.8 Å². The molecule has 2 aliphatic heterocycles. The number of likely N-dealkylation sites (tertiary alicyclic amines) is 1. The van der Waals surface area contributed by atoms with Crippen LogP contribution in [0.3, 0.4) is 0 Å². The summed E-state index contributed by atoms with van der Waals surface area (Å²) in [5, 5.41) is 2.94. The first-order chi connectivity index (χ1) is 11.2. The molecule has 0 bridgehead atoms. The maximum Gasteiger partial charge on any atom is 0.254 e.